The lowest BCUT2D eigenvalue weighted by atomic mass is 9.87. The first-order valence-electron chi connectivity index (χ1n) is 6.62. The van der Waals surface area contributed by atoms with Crippen molar-refractivity contribution in [2.24, 2.45) is 0 Å². The molecule has 0 saturated carbocycles. The Morgan fingerprint density at radius 1 is 0.824 bits per heavy atom. The van der Waals surface area contributed by atoms with Gasteiger partial charge in [-0.1, -0.05) is 19.8 Å². The third-order valence-corrected chi connectivity index (χ3v) is 4.62. The molecule has 96 valence electrons. The number of halogens is 1. The molecule has 0 fully saturated rings. The number of hydrogen-bond donors (Lipinski definition) is 0. The quantitative estimate of drug-likeness (QED) is 0.603. The van der Waals surface area contributed by atoms with Crippen molar-refractivity contribution in [3.63, 3.8) is 0 Å². The van der Waals surface area contributed by atoms with Gasteiger partial charge in [0.2, 0.25) is 0 Å². The maximum absolute atomic E-state index is 6.59. The molecule has 0 aliphatic heterocycles. The van der Waals surface area contributed by atoms with E-state index in [2.05, 4.69) is 41.5 Å². The van der Waals surface area contributed by atoms with Crippen molar-refractivity contribution in [1.82, 2.24) is 0 Å². The minimum absolute atomic E-state index is 0.174. The van der Waals surface area contributed by atoms with E-state index in [9.17, 15) is 0 Å². The van der Waals surface area contributed by atoms with Gasteiger partial charge in [0.25, 0.3) is 0 Å². The standard InChI is InChI=1S/C16H25Cl/c1-7-8-9-15(17)16-13(5)11(3)10(2)12(4)14(16)6/h15H,7-9H2,1-6H3. The predicted molar refractivity (Wildman–Crippen MR) is 78.2 cm³/mol. The fourth-order valence-corrected chi connectivity index (χ4v) is 3.01. The first kappa shape index (κ1) is 14.6. The average molecular weight is 253 g/mol. The lowest BCUT2D eigenvalue weighted by Crippen LogP contribution is -2.05. The molecule has 1 unspecified atom stereocenters. The molecule has 0 aliphatic rings. The summed E-state index contributed by atoms with van der Waals surface area (Å²) in [6.45, 7) is 13.3. The molecule has 0 bridgehead atoms. The van der Waals surface area contributed by atoms with E-state index in [0.717, 1.165) is 6.42 Å². The summed E-state index contributed by atoms with van der Waals surface area (Å²) < 4.78 is 0. The van der Waals surface area contributed by atoms with Gasteiger partial charge in [-0.3, -0.25) is 0 Å². The predicted octanol–water partition coefficient (Wildman–Crippen LogP) is 5.70. The van der Waals surface area contributed by atoms with E-state index in [0.29, 0.717) is 0 Å². The molecular weight excluding hydrogens is 228 g/mol. The molecule has 1 aromatic rings. The van der Waals surface area contributed by atoms with Crippen molar-refractivity contribution in [2.75, 3.05) is 0 Å². The summed E-state index contributed by atoms with van der Waals surface area (Å²) in [7, 11) is 0. The van der Waals surface area contributed by atoms with Crippen molar-refractivity contribution in [2.45, 2.75) is 66.2 Å². The highest BCUT2D eigenvalue weighted by molar-refractivity contribution is 6.21. The smallest absolute Gasteiger partial charge is 0.0590 e. The number of rotatable bonds is 4. The zero-order valence-corrected chi connectivity index (χ0v) is 12.8. The summed E-state index contributed by atoms with van der Waals surface area (Å²) in [5.74, 6) is 0. The van der Waals surface area contributed by atoms with Gasteiger partial charge < -0.3 is 0 Å². The van der Waals surface area contributed by atoms with Gasteiger partial charge in [-0.05, 0) is 74.4 Å². The van der Waals surface area contributed by atoms with Crippen LogP contribution in [0.15, 0.2) is 0 Å². The highest BCUT2D eigenvalue weighted by Crippen LogP contribution is 2.36. The number of unbranched alkanes of at least 4 members (excludes halogenated alkanes) is 1. The van der Waals surface area contributed by atoms with Crippen LogP contribution < -0.4 is 0 Å². The van der Waals surface area contributed by atoms with Crippen LogP contribution in [0.3, 0.4) is 0 Å². The fraction of sp³-hybridized carbons (Fsp3) is 0.625. The van der Waals surface area contributed by atoms with Crippen LogP contribution in [0.2, 0.25) is 0 Å². The Morgan fingerprint density at radius 2 is 1.24 bits per heavy atom. The monoisotopic (exact) mass is 252 g/mol. The molecule has 0 radical (unpaired) electrons. The van der Waals surface area contributed by atoms with Crippen LogP contribution in [0, 0.1) is 34.6 Å². The van der Waals surface area contributed by atoms with Crippen molar-refractivity contribution >= 4 is 11.6 Å². The first-order chi connectivity index (χ1) is 7.91. The third-order valence-electron chi connectivity index (χ3n) is 4.18. The van der Waals surface area contributed by atoms with Crippen molar-refractivity contribution in [1.29, 1.82) is 0 Å². The van der Waals surface area contributed by atoms with E-state index in [-0.39, 0.29) is 5.38 Å². The second-order valence-electron chi connectivity index (χ2n) is 5.15. The minimum atomic E-state index is 0.174. The second-order valence-corrected chi connectivity index (χ2v) is 5.68. The SMILES string of the molecule is CCCCC(Cl)c1c(C)c(C)c(C)c(C)c1C. The molecule has 1 rings (SSSR count). The molecule has 0 spiro atoms. The molecule has 1 atom stereocenters. The zero-order valence-electron chi connectivity index (χ0n) is 12.1. The number of alkyl halides is 1. The molecule has 0 saturated heterocycles. The summed E-state index contributed by atoms with van der Waals surface area (Å²) in [6.07, 6.45) is 3.51. The summed E-state index contributed by atoms with van der Waals surface area (Å²) >= 11 is 6.59. The average Bonchev–Trinajstić information content (AvgIpc) is 2.31. The van der Waals surface area contributed by atoms with Gasteiger partial charge in [0.1, 0.15) is 0 Å². The lowest BCUT2D eigenvalue weighted by molar-refractivity contribution is 0.695. The maximum Gasteiger partial charge on any atom is 0.0590 e. The fourth-order valence-electron chi connectivity index (χ4n) is 2.53. The molecule has 1 aromatic carbocycles. The zero-order chi connectivity index (χ0) is 13.2. The summed E-state index contributed by atoms with van der Waals surface area (Å²) in [5, 5.41) is 0.174. The van der Waals surface area contributed by atoms with Crippen molar-refractivity contribution < 1.29 is 0 Å². The van der Waals surface area contributed by atoms with E-state index in [1.54, 1.807) is 0 Å². The highest BCUT2D eigenvalue weighted by atomic mass is 35.5. The van der Waals surface area contributed by atoms with E-state index in [1.807, 2.05) is 0 Å². The summed E-state index contributed by atoms with van der Waals surface area (Å²) in [5.41, 5.74) is 8.39. The molecule has 0 aliphatic carbocycles. The molecule has 0 amide bonds. The van der Waals surface area contributed by atoms with E-state index in [1.165, 1.54) is 46.2 Å². The highest BCUT2D eigenvalue weighted by Gasteiger charge is 2.18. The van der Waals surface area contributed by atoms with Gasteiger partial charge in [-0.2, -0.15) is 0 Å². The molecule has 1 heteroatoms. The molecule has 0 N–H and O–H groups in total. The normalized spacial score (nSPS) is 12.9. The van der Waals surface area contributed by atoms with Gasteiger partial charge in [0.05, 0.1) is 5.38 Å². The number of benzene rings is 1. The summed E-state index contributed by atoms with van der Waals surface area (Å²) in [6, 6.07) is 0. The molecule has 17 heavy (non-hydrogen) atoms. The maximum atomic E-state index is 6.59. The van der Waals surface area contributed by atoms with E-state index < -0.39 is 0 Å². The van der Waals surface area contributed by atoms with Crippen LogP contribution in [-0.2, 0) is 0 Å². The largest absolute Gasteiger partial charge is 0.118 e. The van der Waals surface area contributed by atoms with E-state index >= 15 is 0 Å². The Balaban J connectivity index is 3.24. The Kier molecular flexibility index (Phi) is 5.06. The van der Waals surface area contributed by atoms with E-state index in [4.69, 9.17) is 11.6 Å². The molecule has 0 nitrogen and oxygen atoms in total. The first-order valence-corrected chi connectivity index (χ1v) is 7.06. The van der Waals surface area contributed by atoms with Crippen LogP contribution in [-0.4, -0.2) is 0 Å². The third kappa shape index (κ3) is 2.85. The Bertz CT molecular complexity index is 375. The second kappa shape index (κ2) is 5.91. The van der Waals surface area contributed by atoms with Gasteiger partial charge in [0, 0.05) is 0 Å². The van der Waals surface area contributed by atoms with Gasteiger partial charge in [0.15, 0.2) is 0 Å². The molecular formula is C16H25Cl. The van der Waals surface area contributed by atoms with Crippen LogP contribution in [0.4, 0.5) is 0 Å². The minimum Gasteiger partial charge on any atom is -0.118 e. The van der Waals surface area contributed by atoms with Crippen molar-refractivity contribution in [3.05, 3.63) is 33.4 Å². The van der Waals surface area contributed by atoms with Gasteiger partial charge in [-0.25, -0.2) is 0 Å². The van der Waals surface area contributed by atoms with Gasteiger partial charge in [-0.15, -0.1) is 11.6 Å². The van der Waals surface area contributed by atoms with Crippen LogP contribution in [0.25, 0.3) is 0 Å². The van der Waals surface area contributed by atoms with Crippen LogP contribution >= 0.6 is 11.6 Å². The number of hydrogen-bond acceptors (Lipinski definition) is 0. The topological polar surface area (TPSA) is 0 Å². The Morgan fingerprint density at radius 3 is 1.65 bits per heavy atom. The van der Waals surface area contributed by atoms with Crippen LogP contribution in [0.1, 0.15) is 64.9 Å². The van der Waals surface area contributed by atoms with Crippen molar-refractivity contribution in [3.8, 4) is 0 Å². The Labute approximate surface area is 111 Å². The summed E-state index contributed by atoms with van der Waals surface area (Å²) in [4.78, 5) is 0. The van der Waals surface area contributed by atoms with Crippen LogP contribution in [0.5, 0.6) is 0 Å². The Hall–Kier alpha value is -0.490. The molecule has 0 heterocycles. The van der Waals surface area contributed by atoms with Gasteiger partial charge >= 0.3 is 0 Å². The lowest BCUT2D eigenvalue weighted by Gasteiger charge is -2.22. The molecule has 0 aromatic heterocycles.